The second kappa shape index (κ2) is 5.27. The minimum Gasteiger partial charge on any atom is -0.508 e. The highest BCUT2D eigenvalue weighted by molar-refractivity contribution is 6.05. The summed E-state index contributed by atoms with van der Waals surface area (Å²) in [7, 11) is 0. The largest absolute Gasteiger partial charge is 0.508 e. The summed E-state index contributed by atoms with van der Waals surface area (Å²) in [5, 5.41) is 9.30. The van der Waals surface area contributed by atoms with Gasteiger partial charge in [-0.1, -0.05) is 12.8 Å². The van der Waals surface area contributed by atoms with Gasteiger partial charge in [0.15, 0.2) is 0 Å². The van der Waals surface area contributed by atoms with Gasteiger partial charge >= 0.3 is 0 Å². The molecule has 2 amide bonds. The second-order valence-electron chi connectivity index (χ2n) is 5.77. The molecule has 2 aliphatic rings. The van der Waals surface area contributed by atoms with Gasteiger partial charge in [-0.2, -0.15) is 0 Å². The van der Waals surface area contributed by atoms with Crippen LogP contribution in [0.15, 0.2) is 24.3 Å². The summed E-state index contributed by atoms with van der Waals surface area (Å²) in [4.78, 5) is 26.3. The third-order valence-electron chi connectivity index (χ3n) is 4.53. The average molecular weight is 273 g/mol. The maximum atomic E-state index is 12.6. The number of phenols is 1. The molecule has 0 spiro atoms. The first-order valence-corrected chi connectivity index (χ1v) is 7.32. The zero-order valence-electron chi connectivity index (χ0n) is 11.4. The van der Waals surface area contributed by atoms with Crippen LogP contribution in [0.2, 0.25) is 0 Å². The van der Waals surface area contributed by atoms with E-state index in [-0.39, 0.29) is 23.6 Å². The Morgan fingerprint density at radius 1 is 1.10 bits per heavy atom. The molecule has 0 bridgehead atoms. The van der Waals surface area contributed by atoms with Crippen LogP contribution in [0.4, 0.5) is 0 Å². The highest BCUT2D eigenvalue weighted by atomic mass is 16.3. The molecule has 4 heteroatoms. The summed E-state index contributed by atoms with van der Waals surface area (Å²) in [5.74, 6) is 0.336. The summed E-state index contributed by atoms with van der Waals surface area (Å²) >= 11 is 0. The van der Waals surface area contributed by atoms with Gasteiger partial charge in [0.25, 0.3) is 5.91 Å². The van der Waals surface area contributed by atoms with E-state index in [2.05, 4.69) is 0 Å². The molecule has 0 aromatic heterocycles. The van der Waals surface area contributed by atoms with Crippen LogP contribution in [0.25, 0.3) is 0 Å². The number of hydrogen-bond acceptors (Lipinski definition) is 3. The Bertz CT molecular complexity index is 523. The van der Waals surface area contributed by atoms with Gasteiger partial charge in [0.2, 0.25) is 5.91 Å². The summed E-state index contributed by atoms with van der Waals surface area (Å²) < 4.78 is 0. The van der Waals surface area contributed by atoms with E-state index in [1.807, 2.05) is 0 Å². The van der Waals surface area contributed by atoms with Crippen molar-refractivity contribution in [3.8, 4) is 5.75 Å². The quantitative estimate of drug-likeness (QED) is 0.800. The molecule has 4 nitrogen and oxygen atoms in total. The Labute approximate surface area is 118 Å². The topological polar surface area (TPSA) is 57.6 Å². The van der Waals surface area contributed by atoms with Gasteiger partial charge in [-0.05, 0) is 49.4 Å². The van der Waals surface area contributed by atoms with Gasteiger partial charge in [-0.15, -0.1) is 0 Å². The Morgan fingerprint density at radius 3 is 2.55 bits per heavy atom. The molecule has 1 aliphatic carbocycles. The minimum absolute atomic E-state index is 0.0498. The number of hydrogen-bond donors (Lipinski definition) is 1. The number of carbonyl (C=O) groups excluding carboxylic acids is 2. The summed E-state index contributed by atoms with van der Waals surface area (Å²) in [5.41, 5.74) is 0.474. The Hall–Kier alpha value is -1.84. The molecule has 0 radical (unpaired) electrons. The predicted octanol–water partition coefficient (Wildman–Crippen LogP) is 2.71. The van der Waals surface area contributed by atoms with Gasteiger partial charge in [0, 0.05) is 18.0 Å². The normalized spacial score (nSPS) is 26.2. The highest BCUT2D eigenvalue weighted by Crippen LogP contribution is 2.36. The fraction of sp³-hybridized carbons (Fsp3) is 0.500. The van der Waals surface area contributed by atoms with E-state index < -0.39 is 0 Å². The number of likely N-dealkylation sites (tertiary alicyclic amines) is 1. The van der Waals surface area contributed by atoms with E-state index in [4.69, 9.17) is 0 Å². The number of nitrogens with zero attached hydrogens (tertiary/aromatic N) is 1. The number of aromatic hydroxyl groups is 1. The van der Waals surface area contributed by atoms with E-state index >= 15 is 0 Å². The third kappa shape index (κ3) is 2.30. The third-order valence-corrected chi connectivity index (χ3v) is 4.53. The van der Waals surface area contributed by atoms with Crippen LogP contribution < -0.4 is 0 Å². The highest BCUT2D eigenvalue weighted by Gasteiger charge is 2.40. The zero-order valence-corrected chi connectivity index (χ0v) is 11.4. The van der Waals surface area contributed by atoms with Crippen molar-refractivity contribution >= 4 is 11.8 Å². The Balaban J connectivity index is 1.87. The van der Waals surface area contributed by atoms with Crippen molar-refractivity contribution in [3.63, 3.8) is 0 Å². The monoisotopic (exact) mass is 273 g/mol. The predicted molar refractivity (Wildman–Crippen MR) is 74.3 cm³/mol. The first kappa shape index (κ1) is 13.2. The first-order valence-electron chi connectivity index (χ1n) is 7.32. The van der Waals surface area contributed by atoms with Crippen LogP contribution >= 0.6 is 0 Å². The van der Waals surface area contributed by atoms with Crippen LogP contribution in [-0.2, 0) is 4.79 Å². The second-order valence-corrected chi connectivity index (χ2v) is 5.77. The summed E-state index contributed by atoms with van der Waals surface area (Å²) in [6.07, 6.45) is 5.75. The van der Waals surface area contributed by atoms with Crippen molar-refractivity contribution in [2.45, 2.75) is 44.6 Å². The fourth-order valence-corrected chi connectivity index (χ4v) is 3.49. The smallest absolute Gasteiger partial charge is 0.260 e. The number of piperidine rings is 1. The molecular formula is C16H19NO3. The van der Waals surface area contributed by atoms with Crippen molar-refractivity contribution < 1.29 is 14.7 Å². The number of fused-ring (bicyclic) bond motifs is 1. The molecule has 3 rings (SSSR count). The van der Waals surface area contributed by atoms with E-state index in [0.29, 0.717) is 17.9 Å². The SMILES string of the molecule is O=C1CCC2CCCCC2N1C(=O)c1ccc(O)cc1. The number of carbonyl (C=O) groups is 2. The number of imide groups is 1. The van der Waals surface area contributed by atoms with E-state index in [9.17, 15) is 14.7 Å². The molecule has 1 saturated heterocycles. The van der Waals surface area contributed by atoms with E-state index in [1.165, 1.54) is 23.5 Å². The molecule has 1 N–H and O–H groups in total. The molecule has 1 aliphatic heterocycles. The van der Waals surface area contributed by atoms with Gasteiger partial charge < -0.3 is 5.11 Å². The average Bonchev–Trinajstić information content (AvgIpc) is 2.47. The molecule has 2 fully saturated rings. The number of rotatable bonds is 1. The van der Waals surface area contributed by atoms with Gasteiger partial charge in [-0.3, -0.25) is 14.5 Å². The van der Waals surface area contributed by atoms with Crippen LogP contribution in [0.5, 0.6) is 5.75 Å². The van der Waals surface area contributed by atoms with Crippen molar-refractivity contribution in [1.29, 1.82) is 0 Å². The van der Waals surface area contributed by atoms with Crippen molar-refractivity contribution in [2.75, 3.05) is 0 Å². The molecular weight excluding hydrogens is 254 g/mol. The maximum Gasteiger partial charge on any atom is 0.260 e. The zero-order chi connectivity index (χ0) is 14.1. The molecule has 2 atom stereocenters. The van der Waals surface area contributed by atoms with Crippen molar-refractivity contribution in [3.05, 3.63) is 29.8 Å². The van der Waals surface area contributed by atoms with Crippen LogP contribution in [0.3, 0.4) is 0 Å². The van der Waals surface area contributed by atoms with Crippen molar-refractivity contribution in [1.82, 2.24) is 4.90 Å². The van der Waals surface area contributed by atoms with E-state index in [1.54, 1.807) is 12.1 Å². The maximum absolute atomic E-state index is 12.6. The first-order chi connectivity index (χ1) is 9.66. The minimum atomic E-state index is -0.216. The number of phenolic OH excluding ortho intramolecular Hbond substituents is 1. The van der Waals surface area contributed by atoms with Gasteiger partial charge in [0.05, 0.1) is 0 Å². The van der Waals surface area contributed by atoms with Gasteiger partial charge in [0.1, 0.15) is 5.75 Å². The Morgan fingerprint density at radius 2 is 1.80 bits per heavy atom. The summed E-state index contributed by atoms with van der Waals surface area (Å²) in [6.45, 7) is 0. The molecule has 1 aromatic carbocycles. The van der Waals surface area contributed by atoms with Crippen LogP contribution in [0, 0.1) is 5.92 Å². The lowest BCUT2D eigenvalue weighted by Gasteiger charge is -2.42. The lowest BCUT2D eigenvalue weighted by atomic mass is 9.78. The number of amides is 2. The summed E-state index contributed by atoms with van der Waals surface area (Å²) in [6, 6.07) is 6.21. The van der Waals surface area contributed by atoms with E-state index in [0.717, 1.165) is 25.7 Å². The molecule has 106 valence electrons. The van der Waals surface area contributed by atoms with Crippen LogP contribution in [-0.4, -0.2) is 27.9 Å². The standard InChI is InChI=1S/C16H19NO3/c18-13-8-5-12(6-9-13)16(20)17-14-4-2-1-3-11(14)7-10-15(17)19/h5-6,8-9,11,14,18H,1-4,7,10H2. The van der Waals surface area contributed by atoms with Gasteiger partial charge in [-0.25, -0.2) is 0 Å². The molecule has 2 unspecified atom stereocenters. The molecule has 20 heavy (non-hydrogen) atoms. The van der Waals surface area contributed by atoms with Crippen LogP contribution in [0.1, 0.15) is 48.9 Å². The molecule has 1 aromatic rings. The molecule has 1 heterocycles. The lowest BCUT2D eigenvalue weighted by Crippen LogP contribution is -2.52. The number of benzene rings is 1. The molecule has 1 saturated carbocycles. The lowest BCUT2D eigenvalue weighted by molar-refractivity contribution is -0.135. The van der Waals surface area contributed by atoms with Crippen molar-refractivity contribution in [2.24, 2.45) is 5.92 Å². The Kier molecular flexibility index (Phi) is 3.47. The fourth-order valence-electron chi connectivity index (χ4n) is 3.49.